The van der Waals surface area contributed by atoms with Crippen LogP contribution in [-0.4, -0.2) is 28.4 Å². The predicted octanol–water partition coefficient (Wildman–Crippen LogP) is 4.38. The first-order valence-corrected chi connectivity index (χ1v) is 8.17. The number of halogens is 2. The Kier molecular flexibility index (Phi) is 4.13. The summed E-state index contributed by atoms with van der Waals surface area (Å²) in [6.45, 7) is 0. The average Bonchev–Trinajstić information content (AvgIpc) is 2.46. The van der Waals surface area contributed by atoms with Gasteiger partial charge in [0.1, 0.15) is 5.52 Å². The molecule has 0 aliphatic heterocycles. The maximum absolute atomic E-state index is 6.52. The summed E-state index contributed by atoms with van der Waals surface area (Å²) >= 11 is 9.96. The van der Waals surface area contributed by atoms with Crippen LogP contribution in [0, 0.1) is 0 Å². The van der Waals surface area contributed by atoms with E-state index < -0.39 is 0 Å². The van der Waals surface area contributed by atoms with Crippen LogP contribution in [0.5, 0.6) is 0 Å². The summed E-state index contributed by atoms with van der Waals surface area (Å²) < 4.78 is 0.949. The highest BCUT2D eigenvalue weighted by Gasteiger charge is 2.27. The molecule has 2 aromatic rings. The van der Waals surface area contributed by atoms with Crippen molar-refractivity contribution in [2.75, 3.05) is 11.9 Å². The SMILES string of the molecule is CN(c1ccnc2cc(Br)cnc12)C1CCCCC1Cl. The monoisotopic (exact) mass is 353 g/mol. The number of pyridine rings is 2. The summed E-state index contributed by atoms with van der Waals surface area (Å²) in [4.78, 5) is 11.2. The Morgan fingerprint density at radius 2 is 2.10 bits per heavy atom. The van der Waals surface area contributed by atoms with Gasteiger partial charge in [0.25, 0.3) is 0 Å². The van der Waals surface area contributed by atoms with Gasteiger partial charge in [-0.05, 0) is 40.9 Å². The van der Waals surface area contributed by atoms with Crippen molar-refractivity contribution < 1.29 is 0 Å². The first-order valence-electron chi connectivity index (χ1n) is 6.94. The van der Waals surface area contributed by atoms with E-state index in [-0.39, 0.29) is 5.38 Å². The standard InChI is InChI=1S/C15H17BrClN3/c1-20(13-5-3-2-4-11(13)17)14-6-7-18-12-8-10(16)9-19-15(12)14/h6-9,11,13H,2-5H2,1H3. The summed E-state index contributed by atoms with van der Waals surface area (Å²) in [7, 11) is 2.11. The second-order valence-electron chi connectivity index (χ2n) is 5.33. The zero-order chi connectivity index (χ0) is 14.1. The third-order valence-corrected chi connectivity index (χ3v) is 4.99. The second kappa shape index (κ2) is 5.86. The number of fused-ring (bicyclic) bond motifs is 1. The molecule has 0 aromatic carbocycles. The minimum atomic E-state index is 0.215. The van der Waals surface area contributed by atoms with E-state index in [0.29, 0.717) is 6.04 Å². The van der Waals surface area contributed by atoms with E-state index in [9.17, 15) is 0 Å². The molecule has 1 aliphatic carbocycles. The molecule has 106 valence electrons. The first kappa shape index (κ1) is 14.1. The summed E-state index contributed by atoms with van der Waals surface area (Å²) in [6, 6.07) is 4.40. The van der Waals surface area contributed by atoms with Crippen LogP contribution in [0.2, 0.25) is 0 Å². The molecule has 0 amide bonds. The Hall–Kier alpha value is -0.870. The van der Waals surface area contributed by atoms with Crippen LogP contribution in [0.4, 0.5) is 5.69 Å². The summed E-state index contributed by atoms with van der Waals surface area (Å²) in [5.74, 6) is 0. The summed E-state index contributed by atoms with van der Waals surface area (Å²) in [5, 5.41) is 0.215. The molecule has 2 heterocycles. The Bertz CT molecular complexity index is 619. The molecule has 1 fully saturated rings. The Balaban J connectivity index is 2.00. The molecule has 0 spiro atoms. The van der Waals surface area contributed by atoms with E-state index >= 15 is 0 Å². The topological polar surface area (TPSA) is 29.0 Å². The molecule has 0 bridgehead atoms. The molecular weight excluding hydrogens is 338 g/mol. The molecule has 1 aliphatic rings. The van der Waals surface area contributed by atoms with Crippen LogP contribution < -0.4 is 4.90 Å². The Labute approximate surface area is 132 Å². The zero-order valence-corrected chi connectivity index (χ0v) is 13.7. The van der Waals surface area contributed by atoms with Gasteiger partial charge < -0.3 is 4.90 Å². The molecule has 0 radical (unpaired) electrons. The van der Waals surface area contributed by atoms with E-state index in [0.717, 1.165) is 34.0 Å². The molecule has 1 saturated carbocycles. The minimum Gasteiger partial charge on any atom is -0.368 e. The highest BCUT2D eigenvalue weighted by molar-refractivity contribution is 9.10. The third-order valence-electron chi connectivity index (χ3n) is 4.05. The first-order chi connectivity index (χ1) is 9.66. The lowest BCUT2D eigenvalue weighted by Crippen LogP contribution is -2.41. The maximum Gasteiger partial charge on any atom is 0.112 e. The minimum absolute atomic E-state index is 0.215. The predicted molar refractivity (Wildman–Crippen MR) is 87.5 cm³/mol. The van der Waals surface area contributed by atoms with Crippen LogP contribution >= 0.6 is 27.5 Å². The van der Waals surface area contributed by atoms with Crippen molar-refractivity contribution in [3.63, 3.8) is 0 Å². The van der Waals surface area contributed by atoms with Gasteiger partial charge in [-0.2, -0.15) is 0 Å². The average molecular weight is 355 g/mol. The molecule has 3 nitrogen and oxygen atoms in total. The van der Waals surface area contributed by atoms with Crippen molar-refractivity contribution in [1.82, 2.24) is 9.97 Å². The number of rotatable bonds is 2. The van der Waals surface area contributed by atoms with Crippen LogP contribution in [0.15, 0.2) is 29.0 Å². The van der Waals surface area contributed by atoms with E-state index in [1.54, 1.807) is 0 Å². The lowest BCUT2D eigenvalue weighted by Gasteiger charge is -2.36. The molecular formula is C15H17BrClN3. The highest BCUT2D eigenvalue weighted by atomic mass is 79.9. The van der Waals surface area contributed by atoms with Gasteiger partial charge in [-0.15, -0.1) is 11.6 Å². The molecule has 5 heteroatoms. The Morgan fingerprint density at radius 1 is 1.30 bits per heavy atom. The largest absolute Gasteiger partial charge is 0.368 e. The van der Waals surface area contributed by atoms with Crippen LogP contribution in [-0.2, 0) is 0 Å². The smallest absolute Gasteiger partial charge is 0.112 e. The van der Waals surface area contributed by atoms with Gasteiger partial charge in [0.2, 0.25) is 0 Å². The van der Waals surface area contributed by atoms with E-state index in [1.807, 2.05) is 24.5 Å². The molecule has 0 saturated heterocycles. The van der Waals surface area contributed by atoms with Gasteiger partial charge >= 0.3 is 0 Å². The van der Waals surface area contributed by atoms with Crippen LogP contribution in [0.1, 0.15) is 25.7 Å². The highest BCUT2D eigenvalue weighted by Crippen LogP contribution is 2.32. The fourth-order valence-corrected chi connectivity index (χ4v) is 3.73. The lowest BCUT2D eigenvalue weighted by atomic mass is 9.93. The van der Waals surface area contributed by atoms with Crippen molar-refractivity contribution in [1.29, 1.82) is 0 Å². The van der Waals surface area contributed by atoms with Gasteiger partial charge in [-0.3, -0.25) is 9.97 Å². The van der Waals surface area contributed by atoms with Crippen molar-refractivity contribution in [3.8, 4) is 0 Å². The number of hydrogen-bond donors (Lipinski definition) is 0. The molecule has 2 unspecified atom stereocenters. The van der Waals surface area contributed by atoms with Crippen molar-refractivity contribution in [3.05, 3.63) is 29.0 Å². The van der Waals surface area contributed by atoms with E-state index in [2.05, 4.69) is 37.8 Å². The number of aromatic nitrogens is 2. The fourth-order valence-electron chi connectivity index (χ4n) is 2.96. The van der Waals surface area contributed by atoms with Crippen LogP contribution in [0.3, 0.4) is 0 Å². The fraction of sp³-hybridized carbons (Fsp3) is 0.467. The van der Waals surface area contributed by atoms with Gasteiger partial charge in [-0.25, -0.2) is 0 Å². The summed E-state index contributed by atoms with van der Waals surface area (Å²) in [5.41, 5.74) is 2.96. The quantitative estimate of drug-likeness (QED) is 0.750. The van der Waals surface area contributed by atoms with Crippen molar-refractivity contribution in [2.45, 2.75) is 37.1 Å². The van der Waals surface area contributed by atoms with E-state index in [1.165, 1.54) is 12.8 Å². The molecule has 20 heavy (non-hydrogen) atoms. The lowest BCUT2D eigenvalue weighted by molar-refractivity contribution is 0.434. The maximum atomic E-state index is 6.52. The Morgan fingerprint density at radius 3 is 2.90 bits per heavy atom. The summed E-state index contributed by atoms with van der Waals surface area (Å²) in [6.07, 6.45) is 8.39. The number of alkyl halides is 1. The molecule has 2 atom stereocenters. The normalized spacial score (nSPS) is 22.9. The van der Waals surface area contributed by atoms with Gasteiger partial charge in [0.05, 0.1) is 16.6 Å². The second-order valence-corrected chi connectivity index (χ2v) is 6.81. The van der Waals surface area contributed by atoms with Gasteiger partial charge in [0.15, 0.2) is 0 Å². The molecule has 0 N–H and O–H groups in total. The van der Waals surface area contributed by atoms with Crippen molar-refractivity contribution >= 4 is 44.3 Å². The van der Waals surface area contributed by atoms with Gasteiger partial charge in [-0.1, -0.05) is 12.8 Å². The zero-order valence-electron chi connectivity index (χ0n) is 11.4. The molecule has 2 aromatic heterocycles. The van der Waals surface area contributed by atoms with Gasteiger partial charge in [0, 0.05) is 30.0 Å². The van der Waals surface area contributed by atoms with E-state index in [4.69, 9.17) is 11.6 Å². The number of anilines is 1. The number of nitrogens with zero attached hydrogens (tertiary/aromatic N) is 3. The third kappa shape index (κ3) is 2.63. The van der Waals surface area contributed by atoms with Crippen molar-refractivity contribution in [2.24, 2.45) is 0 Å². The molecule has 3 rings (SSSR count). The van der Waals surface area contributed by atoms with Crippen LogP contribution in [0.25, 0.3) is 11.0 Å². The number of hydrogen-bond acceptors (Lipinski definition) is 3.